The smallest absolute Gasteiger partial charge is 0.227 e. The van der Waals surface area contributed by atoms with Crippen molar-refractivity contribution in [3.05, 3.63) is 54.2 Å². The molecule has 0 spiro atoms. The number of methoxy groups -OCH3 is 1. The predicted octanol–water partition coefficient (Wildman–Crippen LogP) is 4.27. The monoisotopic (exact) mass is 512 g/mol. The summed E-state index contributed by atoms with van der Waals surface area (Å²) in [7, 11) is 7.59. The summed E-state index contributed by atoms with van der Waals surface area (Å²) in [5.41, 5.74) is 9.18. The molecule has 4 rings (SSSR count). The Morgan fingerprint density at radius 1 is 1.00 bits per heavy atom. The average Bonchev–Trinajstić information content (AvgIpc) is 3.33. The third-order valence-corrected chi connectivity index (χ3v) is 6.29. The van der Waals surface area contributed by atoms with Crippen LogP contribution in [0.4, 0.5) is 31.8 Å². The van der Waals surface area contributed by atoms with Crippen molar-refractivity contribution in [2.75, 3.05) is 57.3 Å². The van der Waals surface area contributed by atoms with Crippen LogP contribution in [-0.2, 0) is 0 Å². The fraction of sp³-hybridized carbons (Fsp3) is 0.250. The minimum Gasteiger partial charge on any atom is -0.494 e. The Morgan fingerprint density at radius 3 is 2.42 bits per heavy atom. The maximum Gasteiger partial charge on any atom is 0.227 e. The van der Waals surface area contributed by atoms with Crippen LogP contribution in [0, 0.1) is 11.6 Å². The predicted molar refractivity (Wildman–Crippen MR) is 139 cm³/mol. The molecule has 3 N–H and O–H groups in total. The zero-order chi connectivity index (χ0) is 25.8. The number of nitrogens with zero attached hydrogens (tertiary/aromatic N) is 6. The maximum absolute atomic E-state index is 13.6. The summed E-state index contributed by atoms with van der Waals surface area (Å²) in [6.07, 6.45) is 1.58. The zero-order valence-electron chi connectivity index (χ0n) is 20.3. The van der Waals surface area contributed by atoms with E-state index >= 15 is 0 Å². The zero-order valence-corrected chi connectivity index (χ0v) is 21.1. The van der Waals surface area contributed by atoms with Gasteiger partial charge in [0.05, 0.1) is 24.2 Å². The number of hydrogen-bond donors (Lipinski definition) is 2. The van der Waals surface area contributed by atoms with Crippen LogP contribution in [0.3, 0.4) is 0 Å². The van der Waals surface area contributed by atoms with Crippen molar-refractivity contribution in [1.29, 1.82) is 0 Å². The molecule has 0 amide bonds. The van der Waals surface area contributed by atoms with Gasteiger partial charge in [0.2, 0.25) is 5.95 Å². The highest BCUT2D eigenvalue weighted by atomic mass is 32.1. The Labute approximate surface area is 211 Å². The van der Waals surface area contributed by atoms with Crippen molar-refractivity contribution in [2.24, 2.45) is 0 Å². The number of ether oxygens (including phenoxy) is 1. The summed E-state index contributed by atoms with van der Waals surface area (Å²) in [5, 5.41) is 12.2. The Hall–Kier alpha value is -3.90. The van der Waals surface area contributed by atoms with E-state index in [0.29, 0.717) is 44.3 Å². The molecule has 0 fully saturated rings. The highest BCUT2D eigenvalue weighted by Crippen LogP contribution is 2.36. The van der Waals surface area contributed by atoms with Gasteiger partial charge in [0.25, 0.3) is 0 Å². The molecule has 188 valence electrons. The molecule has 4 aromatic rings. The highest BCUT2D eigenvalue weighted by molar-refractivity contribution is 7.17. The van der Waals surface area contributed by atoms with E-state index in [1.165, 1.54) is 23.5 Å². The van der Waals surface area contributed by atoms with Crippen molar-refractivity contribution >= 4 is 34.3 Å². The van der Waals surface area contributed by atoms with E-state index in [2.05, 4.69) is 35.3 Å². The Bertz CT molecular complexity index is 1340. The van der Waals surface area contributed by atoms with Crippen LogP contribution in [0.1, 0.15) is 0 Å². The van der Waals surface area contributed by atoms with Gasteiger partial charge >= 0.3 is 0 Å². The second kappa shape index (κ2) is 10.8. The van der Waals surface area contributed by atoms with Crippen molar-refractivity contribution < 1.29 is 13.5 Å². The highest BCUT2D eigenvalue weighted by Gasteiger charge is 2.16. The number of halogens is 2. The van der Waals surface area contributed by atoms with Gasteiger partial charge in [-0.2, -0.15) is 0 Å². The van der Waals surface area contributed by atoms with Crippen LogP contribution in [0.2, 0.25) is 0 Å². The molecule has 0 aliphatic rings. The molecule has 2 aromatic heterocycles. The number of nitrogens with one attached hydrogen (secondary N) is 1. The van der Waals surface area contributed by atoms with E-state index in [1.54, 1.807) is 25.4 Å². The summed E-state index contributed by atoms with van der Waals surface area (Å²) in [6, 6.07) is 8.54. The van der Waals surface area contributed by atoms with Crippen LogP contribution in [0.5, 0.6) is 5.75 Å². The number of nitrogen functional groups attached to an aromatic ring is 1. The molecule has 9 nitrogen and oxygen atoms in total. The summed E-state index contributed by atoms with van der Waals surface area (Å²) in [5.74, 6) is -0.486. The van der Waals surface area contributed by atoms with Crippen molar-refractivity contribution in [3.8, 4) is 27.0 Å². The Morgan fingerprint density at radius 2 is 1.72 bits per heavy atom. The molecule has 0 aliphatic carbocycles. The quantitative estimate of drug-likeness (QED) is 0.318. The van der Waals surface area contributed by atoms with Crippen LogP contribution in [-0.4, -0.2) is 66.4 Å². The van der Waals surface area contributed by atoms with Gasteiger partial charge in [-0.25, -0.2) is 18.7 Å². The second-order valence-electron chi connectivity index (χ2n) is 8.30. The number of benzene rings is 2. The second-order valence-corrected chi connectivity index (χ2v) is 9.27. The van der Waals surface area contributed by atoms with Crippen molar-refractivity contribution in [3.63, 3.8) is 0 Å². The van der Waals surface area contributed by atoms with Gasteiger partial charge in [-0.3, -0.25) is 0 Å². The molecule has 12 heteroatoms. The molecular weight excluding hydrogens is 486 g/mol. The summed E-state index contributed by atoms with van der Waals surface area (Å²) in [6.45, 7) is 1.67. The fourth-order valence-corrected chi connectivity index (χ4v) is 4.23. The van der Waals surface area contributed by atoms with E-state index in [1.807, 2.05) is 27.2 Å². The average molecular weight is 513 g/mol. The normalized spacial score (nSPS) is 11.1. The molecule has 0 radical (unpaired) electrons. The first-order valence-corrected chi connectivity index (χ1v) is 11.8. The lowest BCUT2D eigenvalue weighted by Crippen LogP contribution is -2.29. The number of likely N-dealkylation sites (N-methyl/N-ethyl adjacent to an activating group) is 2. The Balaban J connectivity index is 1.57. The van der Waals surface area contributed by atoms with E-state index < -0.39 is 11.6 Å². The van der Waals surface area contributed by atoms with Crippen molar-refractivity contribution in [1.82, 2.24) is 25.1 Å². The van der Waals surface area contributed by atoms with Gasteiger partial charge in [0, 0.05) is 44.0 Å². The number of aromatic nitrogens is 4. The van der Waals surface area contributed by atoms with E-state index in [0.717, 1.165) is 24.8 Å². The maximum atomic E-state index is 13.6. The molecule has 0 bridgehead atoms. The minimum absolute atomic E-state index is 0.299. The van der Waals surface area contributed by atoms with Gasteiger partial charge in [-0.1, -0.05) is 11.3 Å². The number of hydrogen-bond acceptors (Lipinski definition) is 10. The lowest BCUT2D eigenvalue weighted by Gasteiger charge is -2.24. The van der Waals surface area contributed by atoms with Gasteiger partial charge in [0.1, 0.15) is 28.1 Å². The lowest BCUT2D eigenvalue weighted by molar-refractivity contribution is 0.413. The molecule has 2 heterocycles. The first-order valence-electron chi connectivity index (χ1n) is 11.0. The van der Waals surface area contributed by atoms with E-state index in [9.17, 15) is 8.78 Å². The van der Waals surface area contributed by atoms with Gasteiger partial charge in [-0.05, 0) is 38.4 Å². The van der Waals surface area contributed by atoms with Crippen LogP contribution in [0.15, 0.2) is 42.6 Å². The van der Waals surface area contributed by atoms with Crippen LogP contribution < -0.4 is 20.7 Å². The lowest BCUT2D eigenvalue weighted by atomic mass is 10.2. The van der Waals surface area contributed by atoms with E-state index in [4.69, 9.17) is 10.5 Å². The first-order chi connectivity index (χ1) is 17.2. The molecule has 0 unspecified atom stereocenters. The first kappa shape index (κ1) is 25.2. The molecule has 0 atom stereocenters. The molecule has 0 aliphatic heterocycles. The topological polar surface area (TPSA) is 105 Å². The third kappa shape index (κ3) is 5.83. The number of nitrogens with two attached hydrogens (primary N) is 1. The minimum atomic E-state index is -0.682. The van der Waals surface area contributed by atoms with Crippen LogP contribution >= 0.6 is 11.3 Å². The Kier molecular flexibility index (Phi) is 7.55. The number of anilines is 4. The van der Waals surface area contributed by atoms with E-state index in [-0.39, 0.29) is 0 Å². The molecule has 36 heavy (non-hydrogen) atoms. The molecule has 0 saturated heterocycles. The summed E-state index contributed by atoms with van der Waals surface area (Å²) >= 11 is 1.17. The SMILES string of the molecule is COc1cc(N(C)CCN(C)C)c(N)cc1Nc1nccc(-c2nnc(-c3cc(F)cc(F)c3)s2)n1. The summed E-state index contributed by atoms with van der Waals surface area (Å²) < 4.78 is 32.8. The molecule has 0 saturated carbocycles. The van der Waals surface area contributed by atoms with Gasteiger partial charge < -0.3 is 25.6 Å². The fourth-order valence-electron chi connectivity index (χ4n) is 3.43. The van der Waals surface area contributed by atoms with Crippen LogP contribution in [0.25, 0.3) is 21.3 Å². The largest absolute Gasteiger partial charge is 0.494 e. The summed E-state index contributed by atoms with van der Waals surface area (Å²) in [4.78, 5) is 13.0. The standard InChI is InChI=1S/C24H26F2N8OS/c1-33(2)7-8-34(3)20-13-21(35-4)19(12-17(20)27)30-24-28-6-5-18(29-24)23-32-31-22(36-23)14-9-15(25)11-16(26)10-14/h5-6,9-13H,7-8,27H2,1-4H3,(H,28,29,30). The van der Waals surface area contributed by atoms with Gasteiger partial charge in [-0.15, -0.1) is 10.2 Å². The van der Waals surface area contributed by atoms with Gasteiger partial charge in [0.15, 0.2) is 5.01 Å². The molecule has 2 aromatic carbocycles. The van der Waals surface area contributed by atoms with Crippen molar-refractivity contribution in [2.45, 2.75) is 0 Å². The number of rotatable bonds is 9. The third-order valence-electron chi connectivity index (χ3n) is 5.30. The molecular formula is C24H26F2N8OS.